The molecule has 3 atom stereocenters. The Morgan fingerprint density at radius 1 is 1.20 bits per heavy atom. The third-order valence-corrected chi connectivity index (χ3v) is 6.48. The van der Waals surface area contributed by atoms with Crippen molar-refractivity contribution in [2.24, 2.45) is 11.3 Å². The summed E-state index contributed by atoms with van der Waals surface area (Å²) in [6.45, 7) is 1.53. The van der Waals surface area contributed by atoms with Crippen molar-refractivity contribution in [1.82, 2.24) is 10.6 Å². The van der Waals surface area contributed by atoms with Gasteiger partial charge < -0.3 is 20.5 Å². The van der Waals surface area contributed by atoms with Crippen LogP contribution in [-0.2, 0) is 17.8 Å². The molecule has 5 nitrogen and oxygen atoms in total. The van der Waals surface area contributed by atoms with Crippen molar-refractivity contribution in [1.29, 1.82) is 0 Å². The number of urea groups is 1. The number of hydrogen-bond acceptors (Lipinski definition) is 3. The lowest BCUT2D eigenvalue weighted by atomic mass is 9.54. The van der Waals surface area contributed by atoms with E-state index in [1.54, 1.807) is 0 Å². The van der Waals surface area contributed by atoms with Gasteiger partial charge in [0.15, 0.2) is 0 Å². The molecule has 1 heterocycles. The summed E-state index contributed by atoms with van der Waals surface area (Å²) >= 11 is 0. The molecule has 3 fully saturated rings. The Kier molecular flexibility index (Phi) is 4.69. The zero-order valence-electron chi connectivity index (χ0n) is 14.7. The Morgan fingerprint density at radius 2 is 1.92 bits per heavy atom. The van der Waals surface area contributed by atoms with Crippen molar-refractivity contribution in [2.75, 3.05) is 13.2 Å². The summed E-state index contributed by atoms with van der Waals surface area (Å²) in [6.07, 6.45) is 7.16. The molecule has 0 bridgehead atoms. The summed E-state index contributed by atoms with van der Waals surface area (Å²) in [7, 11) is 0. The van der Waals surface area contributed by atoms with Crippen LogP contribution < -0.4 is 10.6 Å². The molecule has 1 aromatic carbocycles. The van der Waals surface area contributed by atoms with E-state index >= 15 is 0 Å². The predicted molar refractivity (Wildman–Crippen MR) is 95.1 cm³/mol. The summed E-state index contributed by atoms with van der Waals surface area (Å²) < 4.78 is 5.97. The molecule has 1 spiro atoms. The number of fused-ring (bicyclic) bond motifs is 2. The first kappa shape index (κ1) is 16.9. The molecule has 3 aliphatic rings. The highest BCUT2D eigenvalue weighted by atomic mass is 16.5. The second-order valence-electron chi connectivity index (χ2n) is 7.79. The maximum absolute atomic E-state index is 12.4. The number of aliphatic hydroxyl groups is 1. The quantitative estimate of drug-likeness (QED) is 0.768. The van der Waals surface area contributed by atoms with Crippen LogP contribution in [0.2, 0.25) is 0 Å². The molecule has 3 unspecified atom stereocenters. The lowest BCUT2D eigenvalue weighted by Gasteiger charge is -2.56. The van der Waals surface area contributed by atoms with Gasteiger partial charge in [0.05, 0.1) is 12.7 Å². The van der Waals surface area contributed by atoms with Crippen LogP contribution in [0.1, 0.15) is 43.2 Å². The molecule has 3 N–H and O–H groups in total. The lowest BCUT2D eigenvalue weighted by Crippen LogP contribution is -2.69. The third-order valence-electron chi connectivity index (χ3n) is 6.48. The van der Waals surface area contributed by atoms with Crippen molar-refractivity contribution in [2.45, 2.75) is 57.3 Å². The third kappa shape index (κ3) is 3.04. The topological polar surface area (TPSA) is 70.6 Å². The van der Waals surface area contributed by atoms with E-state index < -0.39 is 0 Å². The van der Waals surface area contributed by atoms with Crippen LogP contribution in [0.5, 0.6) is 0 Å². The van der Waals surface area contributed by atoms with Crippen LogP contribution in [0.3, 0.4) is 0 Å². The van der Waals surface area contributed by atoms with Gasteiger partial charge in [-0.05, 0) is 36.8 Å². The molecule has 1 saturated heterocycles. The number of ether oxygens (including phenoxy) is 1. The summed E-state index contributed by atoms with van der Waals surface area (Å²) in [5.74, 6) is 0.509. The summed E-state index contributed by atoms with van der Waals surface area (Å²) in [6, 6.07) is 8.09. The molecule has 2 saturated carbocycles. The van der Waals surface area contributed by atoms with Crippen LogP contribution in [-0.4, -0.2) is 36.4 Å². The Balaban J connectivity index is 1.27. The molecule has 1 aromatic rings. The molecule has 2 amide bonds. The monoisotopic (exact) mass is 344 g/mol. The Bertz CT molecular complexity index is 610. The number of benzene rings is 1. The van der Waals surface area contributed by atoms with Crippen LogP contribution in [0.25, 0.3) is 0 Å². The van der Waals surface area contributed by atoms with Gasteiger partial charge in [-0.2, -0.15) is 0 Å². The normalized spacial score (nSPS) is 29.2. The average Bonchev–Trinajstić information content (AvgIpc) is 3.29. The van der Waals surface area contributed by atoms with Crippen molar-refractivity contribution >= 4 is 6.03 Å². The number of rotatable bonds is 5. The van der Waals surface area contributed by atoms with Gasteiger partial charge in [0.2, 0.25) is 0 Å². The van der Waals surface area contributed by atoms with Crippen LogP contribution >= 0.6 is 0 Å². The Hall–Kier alpha value is -1.59. The van der Waals surface area contributed by atoms with Crippen LogP contribution in [0.15, 0.2) is 24.3 Å². The maximum atomic E-state index is 12.4. The number of hydrogen-bond donors (Lipinski definition) is 3. The number of nitrogens with one attached hydrogen (secondary N) is 2. The van der Waals surface area contributed by atoms with E-state index in [2.05, 4.69) is 10.6 Å². The van der Waals surface area contributed by atoms with Crippen molar-refractivity contribution in [3.05, 3.63) is 35.4 Å². The van der Waals surface area contributed by atoms with E-state index in [9.17, 15) is 4.79 Å². The second kappa shape index (κ2) is 6.96. The van der Waals surface area contributed by atoms with Gasteiger partial charge in [0.25, 0.3) is 0 Å². The fraction of sp³-hybridized carbons (Fsp3) is 0.650. The molecule has 4 rings (SSSR count). The molecule has 25 heavy (non-hydrogen) atoms. The lowest BCUT2D eigenvalue weighted by molar-refractivity contribution is -0.126. The van der Waals surface area contributed by atoms with Crippen molar-refractivity contribution in [3.8, 4) is 0 Å². The summed E-state index contributed by atoms with van der Waals surface area (Å²) in [5.41, 5.74) is 2.28. The van der Waals surface area contributed by atoms with E-state index in [0.717, 1.165) is 30.6 Å². The first-order valence-electron chi connectivity index (χ1n) is 9.57. The molecule has 0 aromatic heterocycles. The molecule has 5 heteroatoms. The number of amides is 2. The number of carbonyl (C=O) groups excluding carboxylic acids is 1. The molecule has 2 aliphatic carbocycles. The smallest absolute Gasteiger partial charge is 0.315 e. The zero-order chi connectivity index (χ0) is 17.3. The molecule has 1 aliphatic heterocycles. The highest BCUT2D eigenvalue weighted by molar-refractivity contribution is 5.74. The van der Waals surface area contributed by atoms with E-state index in [4.69, 9.17) is 9.84 Å². The average molecular weight is 344 g/mol. The Morgan fingerprint density at radius 3 is 2.64 bits per heavy atom. The van der Waals surface area contributed by atoms with Gasteiger partial charge >= 0.3 is 6.03 Å². The predicted octanol–water partition coefficient (Wildman–Crippen LogP) is 2.37. The maximum Gasteiger partial charge on any atom is 0.315 e. The van der Waals surface area contributed by atoms with E-state index in [1.165, 1.54) is 25.7 Å². The van der Waals surface area contributed by atoms with E-state index in [-0.39, 0.29) is 24.1 Å². The first-order valence-corrected chi connectivity index (χ1v) is 9.57. The highest BCUT2D eigenvalue weighted by Crippen LogP contribution is 2.60. The first-order chi connectivity index (χ1) is 12.2. The summed E-state index contributed by atoms with van der Waals surface area (Å²) in [5, 5.41) is 15.3. The van der Waals surface area contributed by atoms with Crippen LogP contribution in [0.4, 0.5) is 4.79 Å². The minimum absolute atomic E-state index is 0.0476. The second-order valence-corrected chi connectivity index (χ2v) is 7.79. The molecule has 0 radical (unpaired) electrons. The fourth-order valence-electron chi connectivity index (χ4n) is 5.23. The van der Waals surface area contributed by atoms with Gasteiger partial charge in [-0.25, -0.2) is 4.79 Å². The minimum Gasteiger partial charge on any atom is -0.392 e. The van der Waals surface area contributed by atoms with Gasteiger partial charge in [0.1, 0.15) is 0 Å². The standard InChI is InChI=1S/C20H28N2O3/c23-13-15-5-3-14(4-6-15)7-11-21-19(24)22-17-16-8-12-25-18(16)20(17)9-1-2-10-20/h3-6,16-18,23H,1-2,7-13H2,(H2,21,22,24). The van der Waals surface area contributed by atoms with Gasteiger partial charge in [-0.1, -0.05) is 37.1 Å². The largest absolute Gasteiger partial charge is 0.392 e. The SMILES string of the molecule is O=C(NCCc1ccc(CO)cc1)NC1C2CCOC2C12CCCC2. The zero-order valence-corrected chi connectivity index (χ0v) is 14.7. The Labute approximate surface area is 149 Å². The van der Waals surface area contributed by atoms with E-state index in [0.29, 0.717) is 18.6 Å². The van der Waals surface area contributed by atoms with Crippen molar-refractivity contribution in [3.63, 3.8) is 0 Å². The summed E-state index contributed by atoms with van der Waals surface area (Å²) in [4.78, 5) is 12.4. The fourth-order valence-corrected chi connectivity index (χ4v) is 5.23. The number of aliphatic hydroxyl groups excluding tert-OH is 1. The van der Waals surface area contributed by atoms with Gasteiger partial charge in [0, 0.05) is 30.5 Å². The molecule has 136 valence electrons. The van der Waals surface area contributed by atoms with Gasteiger partial charge in [-0.15, -0.1) is 0 Å². The molecular weight excluding hydrogens is 316 g/mol. The van der Waals surface area contributed by atoms with Gasteiger partial charge in [-0.3, -0.25) is 0 Å². The molecular formula is C20H28N2O3. The van der Waals surface area contributed by atoms with Crippen LogP contribution in [0, 0.1) is 11.3 Å². The van der Waals surface area contributed by atoms with E-state index in [1.807, 2.05) is 24.3 Å². The minimum atomic E-state index is -0.0476. The number of carbonyl (C=O) groups is 1. The highest BCUT2D eigenvalue weighted by Gasteiger charge is 2.65. The van der Waals surface area contributed by atoms with Crippen molar-refractivity contribution < 1.29 is 14.6 Å².